The predicted molar refractivity (Wildman–Crippen MR) is 109 cm³/mol. The molecule has 2 amide bonds. The Bertz CT molecular complexity index is 909. The maximum atomic E-state index is 12.5. The van der Waals surface area contributed by atoms with E-state index in [2.05, 4.69) is 21.0 Å². The van der Waals surface area contributed by atoms with Crippen molar-refractivity contribution >= 4 is 29.2 Å². The van der Waals surface area contributed by atoms with E-state index in [-0.39, 0.29) is 30.4 Å². The lowest BCUT2D eigenvalue weighted by molar-refractivity contribution is -0.130. The third-order valence-electron chi connectivity index (χ3n) is 5.31. The van der Waals surface area contributed by atoms with Crippen molar-refractivity contribution in [3.63, 3.8) is 0 Å². The molecule has 0 spiro atoms. The molecule has 29 heavy (non-hydrogen) atoms. The normalized spacial score (nSPS) is 24.1. The Labute approximate surface area is 173 Å². The molecule has 2 aliphatic rings. The molecule has 9 heteroatoms. The first kappa shape index (κ1) is 19.7. The minimum absolute atomic E-state index is 0.0147. The number of aromatic nitrogens is 2. The molecule has 1 saturated heterocycles. The SMILES string of the molecule is CC1NC(n2nc(C3CC3)cc2NC(=O)COc2ccc(Cl)cc2)NC(=O)C1C. The number of ether oxygens (including phenoxy) is 1. The number of hydrogen-bond acceptors (Lipinski definition) is 5. The topological polar surface area (TPSA) is 97.3 Å². The highest BCUT2D eigenvalue weighted by Crippen LogP contribution is 2.40. The number of carbonyl (C=O) groups excluding carboxylic acids is 2. The number of hydrogen-bond donors (Lipinski definition) is 3. The quantitative estimate of drug-likeness (QED) is 0.671. The Balaban J connectivity index is 1.46. The Morgan fingerprint density at radius 2 is 2.03 bits per heavy atom. The van der Waals surface area contributed by atoms with Crippen LogP contribution in [0.2, 0.25) is 5.02 Å². The molecule has 3 N–H and O–H groups in total. The lowest BCUT2D eigenvalue weighted by atomic mass is 10.0. The number of benzene rings is 1. The Morgan fingerprint density at radius 1 is 1.31 bits per heavy atom. The van der Waals surface area contributed by atoms with Gasteiger partial charge in [0, 0.05) is 23.0 Å². The number of nitrogens with one attached hydrogen (secondary N) is 3. The van der Waals surface area contributed by atoms with Crippen LogP contribution in [0.15, 0.2) is 30.3 Å². The van der Waals surface area contributed by atoms with Gasteiger partial charge < -0.3 is 15.4 Å². The van der Waals surface area contributed by atoms with Gasteiger partial charge in [-0.05, 0) is 44.0 Å². The number of anilines is 1. The molecule has 2 aromatic rings. The van der Waals surface area contributed by atoms with Gasteiger partial charge in [0.05, 0.1) is 11.6 Å². The van der Waals surface area contributed by atoms with Crippen molar-refractivity contribution in [1.29, 1.82) is 0 Å². The highest BCUT2D eigenvalue weighted by atomic mass is 35.5. The van der Waals surface area contributed by atoms with E-state index in [4.69, 9.17) is 16.3 Å². The van der Waals surface area contributed by atoms with Crippen LogP contribution in [0.3, 0.4) is 0 Å². The summed E-state index contributed by atoms with van der Waals surface area (Å²) < 4.78 is 7.14. The van der Waals surface area contributed by atoms with Gasteiger partial charge >= 0.3 is 0 Å². The molecule has 1 aliphatic heterocycles. The summed E-state index contributed by atoms with van der Waals surface area (Å²) in [5.41, 5.74) is 0.918. The smallest absolute Gasteiger partial charge is 0.263 e. The standard InChI is InChI=1S/C20H24ClN5O3/c1-11-12(2)22-20(24-19(11)28)26-17(9-16(25-26)13-3-4-13)23-18(27)10-29-15-7-5-14(21)6-8-15/h5-9,11-13,20,22H,3-4,10H2,1-2H3,(H,23,27)(H,24,28). The van der Waals surface area contributed by atoms with Gasteiger partial charge in [0.15, 0.2) is 12.9 Å². The summed E-state index contributed by atoms with van der Waals surface area (Å²) >= 11 is 5.85. The van der Waals surface area contributed by atoms with E-state index in [1.54, 1.807) is 28.9 Å². The van der Waals surface area contributed by atoms with Crippen LogP contribution in [0.4, 0.5) is 5.82 Å². The molecule has 3 atom stereocenters. The number of carbonyl (C=O) groups is 2. The number of amides is 2. The Kier molecular flexibility index (Phi) is 5.47. The summed E-state index contributed by atoms with van der Waals surface area (Å²) in [6.07, 6.45) is 1.65. The molecule has 1 aromatic heterocycles. The average molecular weight is 418 g/mol. The van der Waals surface area contributed by atoms with Gasteiger partial charge in [-0.25, -0.2) is 4.68 Å². The predicted octanol–water partition coefficient (Wildman–Crippen LogP) is 2.63. The van der Waals surface area contributed by atoms with Gasteiger partial charge in [0.1, 0.15) is 11.6 Å². The lowest BCUT2D eigenvalue weighted by Crippen LogP contribution is -2.57. The van der Waals surface area contributed by atoms with Gasteiger partial charge in [-0.1, -0.05) is 18.5 Å². The zero-order valence-electron chi connectivity index (χ0n) is 16.3. The molecule has 8 nitrogen and oxygen atoms in total. The molecule has 0 radical (unpaired) electrons. The molecule has 1 aliphatic carbocycles. The highest BCUT2D eigenvalue weighted by molar-refractivity contribution is 6.30. The molecular weight excluding hydrogens is 394 g/mol. The van der Waals surface area contributed by atoms with E-state index in [1.807, 2.05) is 19.9 Å². The van der Waals surface area contributed by atoms with E-state index >= 15 is 0 Å². The van der Waals surface area contributed by atoms with Crippen LogP contribution in [0.1, 0.15) is 44.6 Å². The summed E-state index contributed by atoms with van der Waals surface area (Å²) in [5, 5.41) is 14.3. The zero-order valence-corrected chi connectivity index (χ0v) is 17.1. The van der Waals surface area contributed by atoms with Crippen molar-refractivity contribution < 1.29 is 14.3 Å². The molecule has 1 aromatic carbocycles. The lowest BCUT2D eigenvalue weighted by Gasteiger charge is -2.34. The van der Waals surface area contributed by atoms with E-state index < -0.39 is 6.29 Å². The summed E-state index contributed by atoms with van der Waals surface area (Å²) in [7, 11) is 0. The molecule has 154 valence electrons. The second-order valence-electron chi connectivity index (χ2n) is 7.62. The number of halogens is 1. The molecule has 1 saturated carbocycles. The Morgan fingerprint density at radius 3 is 2.69 bits per heavy atom. The van der Waals surface area contributed by atoms with Crippen LogP contribution in [0.25, 0.3) is 0 Å². The second kappa shape index (κ2) is 8.04. The maximum absolute atomic E-state index is 12.5. The van der Waals surface area contributed by atoms with Crippen molar-refractivity contribution in [2.24, 2.45) is 5.92 Å². The van der Waals surface area contributed by atoms with Crippen LogP contribution in [0, 0.1) is 5.92 Å². The largest absolute Gasteiger partial charge is 0.484 e. The van der Waals surface area contributed by atoms with Crippen molar-refractivity contribution in [3.8, 4) is 5.75 Å². The fraction of sp³-hybridized carbons (Fsp3) is 0.450. The molecule has 2 heterocycles. The minimum Gasteiger partial charge on any atom is -0.484 e. The first-order valence-electron chi connectivity index (χ1n) is 9.75. The molecule has 2 fully saturated rings. The van der Waals surface area contributed by atoms with E-state index in [0.717, 1.165) is 18.5 Å². The van der Waals surface area contributed by atoms with Gasteiger partial charge in [-0.15, -0.1) is 0 Å². The first-order chi connectivity index (χ1) is 13.9. The first-order valence-corrected chi connectivity index (χ1v) is 10.1. The third-order valence-corrected chi connectivity index (χ3v) is 5.56. The van der Waals surface area contributed by atoms with Crippen molar-refractivity contribution in [2.75, 3.05) is 11.9 Å². The summed E-state index contributed by atoms with van der Waals surface area (Å²) in [5.74, 6) is 0.986. The summed E-state index contributed by atoms with van der Waals surface area (Å²) in [6.45, 7) is 3.68. The van der Waals surface area contributed by atoms with Crippen molar-refractivity contribution in [2.45, 2.75) is 44.9 Å². The van der Waals surface area contributed by atoms with Gasteiger partial charge in [0.2, 0.25) is 5.91 Å². The van der Waals surface area contributed by atoms with Gasteiger partial charge in [0.25, 0.3) is 5.91 Å². The molecule has 4 rings (SSSR count). The van der Waals surface area contributed by atoms with E-state index in [1.165, 1.54) is 0 Å². The maximum Gasteiger partial charge on any atom is 0.263 e. The monoisotopic (exact) mass is 417 g/mol. The molecule has 3 unspecified atom stereocenters. The highest BCUT2D eigenvalue weighted by Gasteiger charge is 2.34. The number of rotatable bonds is 6. The van der Waals surface area contributed by atoms with E-state index in [9.17, 15) is 9.59 Å². The van der Waals surface area contributed by atoms with Crippen LogP contribution in [0.5, 0.6) is 5.75 Å². The second-order valence-corrected chi connectivity index (χ2v) is 8.06. The van der Waals surface area contributed by atoms with Crippen molar-refractivity contribution in [1.82, 2.24) is 20.4 Å². The fourth-order valence-corrected chi connectivity index (χ4v) is 3.33. The van der Waals surface area contributed by atoms with Crippen LogP contribution >= 0.6 is 11.6 Å². The molecule has 0 bridgehead atoms. The summed E-state index contributed by atoms with van der Waals surface area (Å²) in [6, 6.07) is 8.66. The summed E-state index contributed by atoms with van der Waals surface area (Å²) in [4.78, 5) is 24.7. The molecular formula is C20H24ClN5O3. The van der Waals surface area contributed by atoms with Gasteiger partial charge in [-0.3, -0.25) is 14.9 Å². The minimum atomic E-state index is -0.520. The zero-order chi connectivity index (χ0) is 20.5. The number of nitrogens with zero attached hydrogens (tertiary/aromatic N) is 2. The van der Waals surface area contributed by atoms with Crippen LogP contribution < -0.4 is 20.7 Å². The van der Waals surface area contributed by atoms with Crippen LogP contribution in [-0.4, -0.2) is 34.2 Å². The third kappa shape index (κ3) is 4.54. The average Bonchev–Trinajstić information content (AvgIpc) is 3.46. The fourth-order valence-electron chi connectivity index (χ4n) is 3.20. The van der Waals surface area contributed by atoms with Gasteiger partial charge in [-0.2, -0.15) is 5.10 Å². The van der Waals surface area contributed by atoms with Crippen molar-refractivity contribution in [3.05, 3.63) is 41.0 Å². The van der Waals surface area contributed by atoms with Crippen LogP contribution in [-0.2, 0) is 9.59 Å². The Hall–Kier alpha value is -2.58. The van der Waals surface area contributed by atoms with E-state index in [0.29, 0.717) is 22.5 Å².